The van der Waals surface area contributed by atoms with Crippen molar-refractivity contribution in [2.75, 3.05) is 12.3 Å². The van der Waals surface area contributed by atoms with Crippen LogP contribution in [0.1, 0.15) is 33.4 Å². The zero-order valence-corrected chi connectivity index (χ0v) is 13.5. The van der Waals surface area contributed by atoms with Crippen LogP contribution >= 0.6 is 11.3 Å². The van der Waals surface area contributed by atoms with Crippen LogP contribution in [0.4, 0.5) is 5.13 Å². The molecule has 0 saturated heterocycles. The van der Waals surface area contributed by atoms with Crippen molar-refractivity contribution < 1.29 is 9.90 Å². The lowest BCUT2D eigenvalue weighted by atomic mass is 9.90. The van der Waals surface area contributed by atoms with Crippen molar-refractivity contribution in [2.45, 2.75) is 12.5 Å². The van der Waals surface area contributed by atoms with Crippen LogP contribution in [0.15, 0.2) is 36.0 Å². The topological polar surface area (TPSA) is 108 Å². The summed E-state index contributed by atoms with van der Waals surface area (Å²) < 4.78 is 0. The maximum absolute atomic E-state index is 12.7. The van der Waals surface area contributed by atoms with Crippen molar-refractivity contribution >= 4 is 22.4 Å². The van der Waals surface area contributed by atoms with E-state index in [4.69, 9.17) is 5.73 Å². The van der Waals surface area contributed by atoms with Crippen molar-refractivity contribution in [1.29, 1.82) is 0 Å². The molecular formula is C16H15N5O2S. The Morgan fingerprint density at radius 2 is 2.33 bits per heavy atom. The number of phenols is 1. The first-order valence-corrected chi connectivity index (χ1v) is 8.31. The number of nitrogens with two attached hydrogens (primary N) is 1. The summed E-state index contributed by atoms with van der Waals surface area (Å²) in [6, 6.07) is 7.05. The third kappa shape index (κ3) is 2.50. The Bertz CT molecular complexity index is 903. The molecule has 1 atom stereocenters. The van der Waals surface area contributed by atoms with Gasteiger partial charge >= 0.3 is 0 Å². The summed E-state index contributed by atoms with van der Waals surface area (Å²) in [4.78, 5) is 26.0. The second-order valence-electron chi connectivity index (χ2n) is 5.67. The molecule has 0 fully saturated rings. The standard InChI is InChI=1S/C16H15N5O2S/c17-16-20-13(7-24-16)15(23)21-5-11(9-2-1-3-10(22)4-9)14-12(6-21)18-8-19-14/h1-4,7-8,11,22H,5-6H2,(H2,17,20)(H,18,19). The van der Waals surface area contributed by atoms with Crippen molar-refractivity contribution in [3.63, 3.8) is 0 Å². The Balaban J connectivity index is 1.69. The monoisotopic (exact) mass is 341 g/mol. The SMILES string of the molecule is Nc1nc(C(=O)N2Cc3[nH]cnc3C(c3cccc(O)c3)C2)cs1. The predicted molar refractivity (Wildman–Crippen MR) is 89.8 cm³/mol. The number of carbonyl (C=O) groups is 1. The number of nitrogens with zero attached hydrogens (tertiary/aromatic N) is 3. The first-order valence-electron chi connectivity index (χ1n) is 7.43. The molecule has 7 nitrogen and oxygen atoms in total. The van der Waals surface area contributed by atoms with E-state index >= 15 is 0 Å². The summed E-state index contributed by atoms with van der Waals surface area (Å²) in [5.41, 5.74) is 8.71. The number of hydrogen-bond acceptors (Lipinski definition) is 6. The van der Waals surface area contributed by atoms with Gasteiger partial charge in [0.15, 0.2) is 5.13 Å². The molecule has 1 unspecified atom stereocenters. The summed E-state index contributed by atoms with van der Waals surface area (Å²) in [6.45, 7) is 0.915. The van der Waals surface area contributed by atoms with Gasteiger partial charge in [-0.3, -0.25) is 4.79 Å². The molecule has 0 spiro atoms. The van der Waals surface area contributed by atoms with E-state index in [0.29, 0.717) is 23.9 Å². The minimum Gasteiger partial charge on any atom is -0.508 e. The molecule has 2 aromatic heterocycles. The maximum Gasteiger partial charge on any atom is 0.273 e. The van der Waals surface area contributed by atoms with Crippen LogP contribution in [0.5, 0.6) is 5.75 Å². The number of aromatic nitrogens is 3. The Hall–Kier alpha value is -2.87. The van der Waals surface area contributed by atoms with Crippen molar-refractivity contribution in [3.8, 4) is 5.75 Å². The molecular weight excluding hydrogens is 326 g/mol. The molecule has 3 aromatic rings. The number of fused-ring (bicyclic) bond motifs is 1. The van der Waals surface area contributed by atoms with Crippen molar-refractivity contribution in [1.82, 2.24) is 19.9 Å². The number of amides is 1. The second-order valence-corrected chi connectivity index (χ2v) is 6.56. The number of H-pyrrole nitrogens is 1. The maximum atomic E-state index is 12.7. The number of phenolic OH excluding ortho intramolecular Hbond substituents is 1. The smallest absolute Gasteiger partial charge is 0.273 e. The first kappa shape index (κ1) is 14.7. The lowest BCUT2D eigenvalue weighted by Gasteiger charge is -2.32. The van der Waals surface area contributed by atoms with E-state index in [0.717, 1.165) is 17.0 Å². The number of hydrogen-bond donors (Lipinski definition) is 3. The number of aromatic amines is 1. The fourth-order valence-electron chi connectivity index (χ4n) is 3.03. The molecule has 4 N–H and O–H groups in total. The van der Waals surface area contributed by atoms with E-state index in [1.54, 1.807) is 34.8 Å². The van der Waals surface area contributed by atoms with Gasteiger partial charge in [0.1, 0.15) is 11.4 Å². The van der Waals surface area contributed by atoms with Crippen LogP contribution in [-0.4, -0.2) is 37.4 Å². The molecule has 1 aliphatic rings. The number of benzene rings is 1. The molecule has 1 amide bonds. The highest BCUT2D eigenvalue weighted by molar-refractivity contribution is 7.13. The zero-order chi connectivity index (χ0) is 16.7. The normalized spacial score (nSPS) is 16.8. The Morgan fingerprint density at radius 3 is 3.08 bits per heavy atom. The lowest BCUT2D eigenvalue weighted by Crippen LogP contribution is -2.38. The highest BCUT2D eigenvalue weighted by Crippen LogP contribution is 2.33. The number of nitrogen functional groups attached to an aromatic ring is 1. The van der Waals surface area contributed by atoms with E-state index in [2.05, 4.69) is 15.0 Å². The number of imidazole rings is 1. The summed E-state index contributed by atoms with van der Waals surface area (Å²) in [7, 11) is 0. The zero-order valence-electron chi connectivity index (χ0n) is 12.6. The summed E-state index contributed by atoms with van der Waals surface area (Å²) in [6.07, 6.45) is 1.63. The number of anilines is 1. The van der Waals surface area contributed by atoms with Crippen molar-refractivity contribution in [2.24, 2.45) is 0 Å². The summed E-state index contributed by atoms with van der Waals surface area (Å²) in [5.74, 6) is -0.0688. The summed E-state index contributed by atoms with van der Waals surface area (Å²) in [5, 5.41) is 11.8. The van der Waals surface area contributed by atoms with Crippen LogP contribution in [0, 0.1) is 0 Å². The number of thiazole rings is 1. The predicted octanol–water partition coefficient (Wildman–Crippen LogP) is 1.94. The average Bonchev–Trinajstić information content (AvgIpc) is 3.21. The molecule has 0 radical (unpaired) electrons. The van der Waals surface area contributed by atoms with Gasteiger partial charge in [0.2, 0.25) is 0 Å². The van der Waals surface area contributed by atoms with Gasteiger partial charge in [0.05, 0.1) is 24.3 Å². The third-order valence-electron chi connectivity index (χ3n) is 4.13. The molecule has 0 saturated carbocycles. The highest BCUT2D eigenvalue weighted by atomic mass is 32.1. The molecule has 8 heteroatoms. The number of carbonyl (C=O) groups excluding carboxylic acids is 1. The van der Waals surface area contributed by atoms with E-state index in [-0.39, 0.29) is 17.6 Å². The van der Waals surface area contributed by atoms with Crippen LogP contribution in [-0.2, 0) is 6.54 Å². The fraction of sp³-hybridized carbons (Fsp3) is 0.188. The van der Waals surface area contributed by atoms with Gasteiger partial charge in [-0.2, -0.15) is 0 Å². The van der Waals surface area contributed by atoms with Gasteiger partial charge < -0.3 is 20.7 Å². The van der Waals surface area contributed by atoms with Gasteiger partial charge in [-0.25, -0.2) is 9.97 Å². The Kier molecular flexibility index (Phi) is 3.46. The Labute approximate surface area is 141 Å². The quantitative estimate of drug-likeness (QED) is 0.660. The van der Waals surface area contributed by atoms with Gasteiger partial charge in [0, 0.05) is 17.8 Å². The third-order valence-corrected chi connectivity index (χ3v) is 4.81. The molecule has 0 bridgehead atoms. The van der Waals surface area contributed by atoms with E-state index in [1.807, 2.05) is 6.07 Å². The molecule has 4 rings (SSSR count). The van der Waals surface area contributed by atoms with Gasteiger partial charge in [-0.05, 0) is 17.7 Å². The van der Waals surface area contributed by atoms with E-state index in [1.165, 1.54) is 11.3 Å². The average molecular weight is 341 g/mol. The molecule has 0 aliphatic carbocycles. The van der Waals surface area contributed by atoms with E-state index < -0.39 is 0 Å². The molecule has 24 heavy (non-hydrogen) atoms. The minimum absolute atomic E-state index is 0.105. The first-order chi connectivity index (χ1) is 11.6. The molecule has 1 aliphatic heterocycles. The number of nitrogens with one attached hydrogen (secondary N) is 1. The van der Waals surface area contributed by atoms with Gasteiger partial charge in [-0.15, -0.1) is 11.3 Å². The molecule has 1 aromatic carbocycles. The van der Waals surface area contributed by atoms with Crippen LogP contribution in [0.2, 0.25) is 0 Å². The highest BCUT2D eigenvalue weighted by Gasteiger charge is 2.32. The van der Waals surface area contributed by atoms with Gasteiger partial charge in [0.25, 0.3) is 5.91 Å². The fourth-order valence-corrected chi connectivity index (χ4v) is 3.57. The van der Waals surface area contributed by atoms with Crippen LogP contribution in [0.3, 0.4) is 0 Å². The van der Waals surface area contributed by atoms with E-state index in [9.17, 15) is 9.90 Å². The minimum atomic E-state index is -0.159. The second kappa shape index (κ2) is 5.64. The largest absolute Gasteiger partial charge is 0.508 e. The summed E-state index contributed by atoms with van der Waals surface area (Å²) >= 11 is 1.25. The molecule has 122 valence electrons. The van der Waals surface area contributed by atoms with Gasteiger partial charge in [-0.1, -0.05) is 12.1 Å². The molecule has 3 heterocycles. The van der Waals surface area contributed by atoms with Crippen LogP contribution in [0.25, 0.3) is 0 Å². The Morgan fingerprint density at radius 1 is 1.46 bits per heavy atom. The lowest BCUT2D eigenvalue weighted by molar-refractivity contribution is 0.0717. The van der Waals surface area contributed by atoms with Crippen molar-refractivity contribution in [3.05, 3.63) is 58.6 Å². The van der Waals surface area contributed by atoms with Crippen LogP contribution < -0.4 is 5.73 Å². The number of rotatable bonds is 2. The number of aromatic hydroxyl groups is 1.